The molecule has 0 radical (unpaired) electrons. The maximum Gasteiger partial charge on any atom is 0.220 e. The van der Waals surface area contributed by atoms with Crippen molar-refractivity contribution < 1.29 is 15.0 Å². The average molecular weight is 225 g/mol. The van der Waals surface area contributed by atoms with Crippen LogP contribution in [0.4, 0.5) is 5.69 Å². The summed E-state index contributed by atoms with van der Waals surface area (Å²) in [6.45, 7) is 0. The molecule has 1 rings (SSSR count). The number of benzene rings is 1. The fourth-order valence-corrected chi connectivity index (χ4v) is 1.35. The van der Waals surface area contributed by atoms with Crippen LogP contribution in [-0.2, 0) is 4.79 Å². The third-order valence-electron chi connectivity index (χ3n) is 2.17. The summed E-state index contributed by atoms with van der Waals surface area (Å²) in [5, 5.41) is 19.2. The number of rotatable bonds is 5. The summed E-state index contributed by atoms with van der Waals surface area (Å²) in [6.07, 6.45) is -2.67. The van der Waals surface area contributed by atoms with E-state index in [-0.39, 0.29) is 6.42 Å². The van der Waals surface area contributed by atoms with Gasteiger partial charge < -0.3 is 21.4 Å². The summed E-state index contributed by atoms with van der Waals surface area (Å²) < 4.78 is 0. The number of hydrogen-bond donors (Lipinski definition) is 5. The predicted molar refractivity (Wildman–Crippen MR) is 59.0 cm³/mol. The summed E-state index contributed by atoms with van der Waals surface area (Å²) >= 11 is 0. The highest BCUT2D eigenvalue weighted by molar-refractivity contribution is 5.74. The molecule has 0 aliphatic rings. The van der Waals surface area contributed by atoms with Crippen molar-refractivity contribution in [2.75, 3.05) is 5.43 Å². The largest absolute Gasteiger partial charge is 0.390 e. The molecule has 88 valence electrons. The van der Waals surface area contributed by atoms with Gasteiger partial charge in [0.1, 0.15) is 6.10 Å². The molecule has 0 saturated carbocycles. The standard InChI is InChI=1S/C10H15N3O3/c11-9(15)5-8(14)10(16)6-2-1-3-7(4-6)13-12/h1-4,8,10,13-14,16H,5,12H2,(H2,11,15). The molecule has 0 spiro atoms. The number of amides is 1. The van der Waals surface area contributed by atoms with E-state index in [1.165, 1.54) is 0 Å². The van der Waals surface area contributed by atoms with Crippen molar-refractivity contribution in [2.24, 2.45) is 11.6 Å². The van der Waals surface area contributed by atoms with E-state index >= 15 is 0 Å². The smallest absolute Gasteiger partial charge is 0.220 e. The second kappa shape index (κ2) is 5.45. The van der Waals surface area contributed by atoms with Gasteiger partial charge in [-0.1, -0.05) is 12.1 Å². The van der Waals surface area contributed by atoms with Crippen LogP contribution < -0.4 is 17.0 Å². The molecular formula is C10H15N3O3. The number of hydrogen-bond acceptors (Lipinski definition) is 5. The number of carbonyl (C=O) groups is 1. The van der Waals surface area contributed by atoms with Crippen LogP contribution in [0.25, 0.3) is 0 Å². The topological polar surface area (TPSA) is 122 Å². The quantitative estimate of drug-likeness (QED) is 0.333. The zero-order valence-corrected chi connectivity index (χ0v) is 8.63. The number of nitrogen functional groups attached to an aromatic ring is 1. The van der Waals surface area contributed by atoms with Crippen LogP contribution in [0, 0.1) is 0 Å². The maximum absolute atomic E-state index is 10.6. The molecule has 7 N–H and O–H groups in total. The Hall–Kier alpha value is -1.63. The van der Waals surface area contributed by atoms with Gasteiger partial charge in [-0.2, -0.15) is 0 Å². The first kappa shape index (κ1) is 12.4. The number of nitrogens with two attached hydrogens (primary N) is 2. The number of aliphatic hydroxyl groups excluding tert-OH is 2. The molecule has 0 aromatic heterocycles. The minimum absolute atomic E-state index is 0.290. The molecule has 1 aromatic carbocycles. The van der Waals surface area contributed by atoms with Crippen molar-refractivity contribution in [2.45, 2.75) is 18.6 Å². The lowest BCUT2D eigenvalue weighted by Gasteiger charge is -2.17. The summed E-state index contributed by atoms with van der Waals surface area (Å²) in [5.74, 6) is 4.54. The third-order valence-corrected chi connectivity index (χ3v) is 2.17. The molecule has 2 unspecified atom stereocenters. The van der Waals surface area contributed by atoms with Crippen LogP contribution in [0.5, 0.6) is 0 Å². The van der Waals surface area contributed by atoms with E-state index in [1.54, 1.807) is 24.3 Å². The van der Waals surface area contributed by atoms with Gasteiger partial charge in [0, 0.05) is 5.69 Å². The van der Waals surface area contributed by atoms with E-state index in [9.17, 15) is 15.0 Å². The highest BCUT2D eigenvalue weighted by Gasteiger charge is 2.20. The SMILES string of the molecule is NNc1cccc(C(O)C(O)CC(N)=O)c1. The monoisotopic (exact) mass is 225 g/mol. The summed E-state index contributed by atoms with van der Waals surface area (Å²) in [4.78, 5) is 10.6. The Morgan fingerprint density at radius 1 is 1.44 bits per heavy atom. The second-order valence-corrected chi connectivity index (χ2v) is 3.45. The van der Waals surface area contributed by atoms with Crippen molar-refractivity contribution in [3.05, 3.63) is 29.8 Å². The molecule has 0 heterocycles. The molecule has 0 bridgehead atoms. The van der Waals surface area contributed by atoms with Gasteiger partial charge in [0.05, 0.1) is 12.5 Å². The van der Waals surface area contributed by atoms with Gasteiger partial charge in [0.2, 0.25) is 5.91 Å². The molecule has 6 nitrogen and oxygen atoms in total. The van der Waals surface area contributed by atoms with Crippen molar-refractivity contribution in [3.8, 4) is 0 Å². The highest BCUT2D eigenvalue weighted by Crippen LogP contribution is 2.21. The normalized spacial score (nSPS) is 14.2. The molecule has 0 saturated heterocycles. The number of carbonyl (C=O) groups excluding carboxylic acids is 1. The Morgan fingerprint density at radius 3 is 2.69 bits per heavy atom. The summed E-state index contributed by atoms with van der Waals surface area (Å²) in [5.41, 5.74) is 8.40. The number of hydrazine groups is 1. The Balaban J connectivity index is 2.78. The predicted octanol–water partition coefficient (Wildman–Crippen LogP) is -0.758. The van der Waals surface area contributed by atoms with Crippen molar-refractivity contribution in [1.29, 1.82) is 0 Å². The van der Waals surface area contributed by atoms with Gasteiger partial charge in [0.25, 0.3) is 0 Å². The van der Waals surface area contributed by atoms with E-state index in [4.69, 9.17) is 11.6 Å². The van der Waals surface area contributed by atoms with Gasteiger partial charge in [-0.15, -0.1) is 0 Å². The first-order valence-corrected chi connectivity index (χ1v) is 4.75. The van der Waals surface area contributed by atoms with Crippen molar-refractivity contribution >= 4 is 11.6 Å². The van der Waals surface area contributed by atoms with Crippen LogP contribution in [0.3, 0.4) is 0 Å². The van der Waals surface area contributed by atoms with Crippen molar-refractivity contribution in [3.63, 3.8) is 0 Å². The van der Waals surface area contributed by atoms with Crippen molar-refractivity contribution in [1.82, 2.24) is 0 Å². The molecule has 0 aliphatic carbocycles. The lowest BCUT2D eigenvalue weighted by atomic mass is 10.0. The van der Waals surface area contributed by atoms with E-state index in [1.807, 2.05) is 0 Å². The molecule has 6 heteroatoms. The Bertz CT molecular complexity index is 370. The van der Waals surface area contributed by atoms with Gasteiger partial charge in [-0.05, 0) is 17.7 Å². The molecule has 0 aliphatic heterocycles. The Kier molecular flexibility index (Phi) is 4.24. The summed E-state index contributed by atoms with van der Waals surface area (Å²) in [7, 11) is 0. The number of primary amides is 1. The summed E-state index contributed by atoms with van der Waals surface area (Å²) in [6, 6.07) is 6.58. The fourth-order valence-electron chi connectivity index (χ4n) is 1.35. The molecule has 1 amide bonds. The maximum atomic E-state index is 10.6. The van der Waals surface area contributed by atoms with Crippen LogP contribution in [0.15, 0.2) is 24.3 Å². The molecule has 0 fully saturated rings. The zero-order valence-electron chi connectivity index (χ0n) is 8.63. The van der Waals surface area contributed by atoms with Gasteiger partial charge in [-0.3, -0.25) is 10.6 Å². The zero-order chi connectivity index (χ0) is 12.1. The number of anilines is 1. The minimum atomic E-state index is -1.22. The highest BCUT2D eigenvalue weighted by atomic mass is 16.3. The lowest BCUT2D eigenvalue weighted by molar-refractivity contribution is -0.121. The molecule has 1 aromatic rings. The molecule has 2 atom stereocenters. The van der Waals surface area contributed by atoms with E-state index in [0.717, 1.165) is 0 Å². The number of nitrogens with one attached hydrogen (secondary N) is 1. The number of aliphatic hydroxyl groups is 2. The fraction of sp³-hybridized carbons (Fsp3) is 0.300. The van der Waals surface area contributed by atoms with E-state index < -0.39 is 18.1 Å². The van der Waals surface area contributed by atoms with Crippen LogP contribution in [-0.4, -0.2) is 22.2 Å². The van der Waals surface area contributed by atoms with Crippen LogP contribution in [0.2, 0.25) is 0 Å². The second-order valence-electron chi connectivity index (χ2n) is 3.45. The lowest BCUT2D eigenvalue weighted by Crippen LogP contribution is -2.25. The van der Waals surface area contributed by atoms with Gasteiger partial charge >= 0.3 is 0 Å². The van der Waals surface area contributed by atoms with Crippen LogP contribution >= 0.6 is 0 Å². The van der Waals surface area contributed by atoms with Gasteiger partial charge in [-0.25, -0.2) is 0 Å². The van der Waals surface area contributed by atoms with Crippen LogP contribution in [0.1, 0.15) is 18.1 Å². The third kappa shape index (κ3) is 3.20. The minimum Gasteiger partial charge on any atom is -0.390 e. The van der Waals surface area contributed by atoms with Gasteiger partial charge in [0.15, 0.2) is 0 Å². The van der Waals surface area contributed by atoms with E-state index in [2.05, 4.69) is 5.43 Å². The average Bonchev–Trinajstić information content (AvgIpc) is 2.27. The molecular weight excluding hydrogens is 210 g/mol. The first-order valence-electron chi connectivity index (χ1n) is 4.75. The van der Waals surface area contributed by atoms with E-state index in [0.29, 0.717) is 11.3 Å². The Morgan fingerprint density at radius 2 is 2.12 bits per heavy atom. The Labute approximate surface area is 92.8 Å². The first-order chi connectivity index (χ1) is 7.54. The molecule has 16 heavy (non-hydrogen) atoms.